The van der Waals surface area contributed by atoms with E-state index < -0.39 is 5.97 Å². The van der Waals surface area contributed by atoms with E-state index in [0.29, 0.717) is 6.54 Å². The molecule has 1 aromatic carbocycles. The molecule has 0 fully saturated rings. The zero-order valence-corrected chi connectivity index (χ0v) is 12.1. The van der Waals surface area contributed by atoms with Crippen LogP contribution in [0.3, 0.4) is 0 Å². The first kappa shape index (κ1) is 14.5. The smallest absolute Gasteiger partial charge is 0.365 e. The first-order valence-electron chi connectivity index (χ1n) is 6.15. The third-order valence-electron chi connectivity index (χ3n) is 2.92. The summed E-state index contributed by atoms with van der Waals surface area (Å²) in [7, 11) is 1.64. The molecular weight excluding hydrogens is 276 g/mol. The van der Waals surface area contributed by atoms with E-state index in [9.17, 15) is 4.79 Å². The molecule has 1 heterocycles. The zero-order chi connectivity index (χ0) is 14.5. The lowest BCUT2D eigenvalue weighted by molar-refractivity contribution is 0.0696. The molecular formula is C14H16N2O3S. The molecule has 0 bridgehead atoms. The standard InChI is InChI=1S/C14H16N2O3S/c1-9(10-4-3-5-12(6-10)19-2)15-7-11-8-20-13(16-11)14(17)18/h3-6,8-9,15H,7H2,1-2H3,(H,17,18)/t9-/m0/s1. The fraction of sp³-hybridized carbons (Fsp3) is 0.286. The SMILES string of the molecule is COc1cccc([C@H](C)NCc2csc(C(=O)O)n2)c1. The van der Waals surface area contributed by atoms with Crippen LogP contribution in [0.5, 0.6) is 5.75 Å². The van der Waals surface area contributed by atoms with Gasteiger partial charge in [0.25, 0.3) is 0 Å². The summed E-state index contributed by atoms with van der Waals surface area (Å²) in [6.07, 6.45) is 0. The van der Waals surface area contributed by atoms with Gasteiger partial charge in [0.05, 0.1) is 12.8 Å². The quantitative estimate of drug-likeness (QED) is 0.856. The molecule has 2 rings (SSSR count). The summed E-state index contributed by atoms with van der Waals surface area (Å²) in [5.41, 5.74) is 1.85. The van der Waals surface area contributed by atoms with E-state index in [0.717, 1.165) is 28.3 Å². The van der Waals surface area contributed by atoms with Crippen molar-refractivity contribution in [2.24, 2.45) is 0 Å². The summed E-state index contributed by atoms with van der Waals surface area (Å²) in [4.78, 5) is 14.8. The highest BCUT2D eigenvalue weighted by Gasteiger charge is 2.10. The Labute approximate surface area is 121 Å². The topological polar surface area (TPSA) is 71.5 Å². The molecule has 106 valence electrons. The van der Waals surface area contributed by atoms with Gasteiger partial charge in [-0.3, -0.25) is 0 Å². The van der Waals surface area contributed by atoms with Crippen molar-refractivity contribution in [2.75, 3.05) is 7.11 Å². The molecule has 0 saturated carbocycles. The first-order valence-corrected chi connectivity index (χ1v) is 7.03. The van der Waals surface area contributed by atoms with Gasteiger partial charge in [0, 0.05) is 18.0 Å². The van der Waals surface area contributed by atoms with Crippen molar-refractivity contribution in [1.82, 2.24) is 10.3 Å². The third-order valence-corrected chi connectivity index (χ3v) is 3.80. The van der Waals surface area contributed by atoms with Crippen molar-refractivity contribution < 1.29 is 14.6 Å². The number of carbonyl (C=O) groups is 1. The lowest BCUT2D eigenvalue weighted by atomic mass is 10.1. The first-order chi connectivity index (χ1) is 9.60. The van der Waals surface area contributed by atoms with E-state index in [1.54, 1.807) is 12.5 Å². The number of aromatic carboxylic acids is 1. The summed E-state index contributed by atoms with van der Waals surface area (Å²) >= 11 is 1.14. The van der Waals surface area contributed by atoms with E-state index in [-0.39, 0.29) is 11.0 Å². The van der Waals surface area contributed by atoms with Gasteiger partial charge >= 0.3 is 5.97 Å². The second kappa shape index (κ2) is 6.49. The van der Waals surface area contributed by atoms with E-state index in [4.69, 9.17) is 9.84 Å². The Morgan fingerprint density at radius 3 is 3.00 bits per heavy atom. The Hall–Kier alpha value is -1.92. The Morgan fingerprint density at radius 1 is 1.55 bits per heavy atom. The lowest BCUT2D eigenvalue weighted by Crippen LogP contribution is -2.18. The molecule has 20 heavy (non-hydrogen) atoms. The molecule has 0 unspecified atom stereocenters. The highest BCUT2D eigenvalue weighted by molar-refractivity contribution is 7.11. The van der Waals surface area contributed by atoms with Gasteiger partial charge in [0.15, 0.2) is 0 Å². The van der Waals surface area contributed by atoms with E-state index in [1.807, 2.05) is 31.2 Å². The Balaban J connectivity index is 1.96. The lowest BCUT2D eigenvalue weighted by Gasteiger charge is -2.14. The Morgan fingerprint density at radius 2 is 2.35 bits per heavy atom. The Bertz CT molecular complexity index is 598. The van der Waals surface area contributed by atoms with Crippen LogP contribution in [-0.2, 0) is 6.54 Å². The summed E-state index contributed by atoms with van der Waals surface area (Å²) in [5.74, 6) is -0.167. The molecule has 0 aliphatic carbocycles. The van der Waals surface area contributed by atoms with Crippen LogP contribution in [0.25, 0.3) is 0 Å². The third kappa shape index (κ3) is 3.55. The van der Waals surface area contributed by atoms with Crippen LogP contribution >= 0.6 is 11.3 Å². The number of aromatic nitrogens is 1. The second-order valence-electron chi connectivity index (χ2n) is 4.33. The number of methoxy groups -OCH3 is 1. The molecule has 2 aromatic rings. The van der Waals surface area contributed by atoms with Gasteiger partial charge in [-0.15, -0.1) is 11.3 Å². The van der Waals surface area contributed by atoms with E-state index in [2.05, 4.69) is 10.3 Å². The average molecular weight is 292 g/mol. The van der Waals surface area contributed by atoms with Crippen LogP contribution in [0, 0.1) is 0 Å². The van der Waals surface area contributed by atoms with Crippen LogP contribution in [0.1, 0.15) is 34.0 Å². The molecule has 6 heteroatoms. The van der Waals surface area contributed by atoms with Gasteiger partial charge in [-0.1, -0.05) is 12.1 Å². The molecule has 0 spiro atoms. The van der Waals surface area contributed by atoms with Crippen LogP contribution in [-0.4, -0.2) is 23.2 Å². The van der Waals surface area contributed by atoms with E-state index >= 15 is 0 Å². The Kier molecular flexibility index (Phi) is 4.70. The minimum Gasteiger partial charge on any atom is -0.497 e. The zero-order valence-electron chi connectivity index (χ0n) is 11.3. The number of carboxylic acid groups (broad SMARTS) is 1. The van der Waals surface area contributed by atoms with Gasteiger partial charge in [-0.25, -0.2) is 9.78 Å². The minimum absolute atomic E-state index is 0.121. The fourth-order valence-electron chi connectivity index (χ4n) is 1.77. The molecule has 0 saturated heterocycles. The maximum absolute atomic E-state index is 10.8. The number of hydrogen-bond acceptors (Lipinski definition) is 5. The van der Waals surface area contributed by atoms with Gasteiger partial charge in [0.2, 0.25) is 5.01 Å². The van der Waals surface area contributed by atoms with E-state index in [1.165, 1.54) is 0 Å². The molecule has 1 atom stereocenters. The van der Waals surface area contributed by atoms with Crippen molar-refractivity contribution in [3.8, 4) is 5.75 Å². The van der Waals surface area contributed by atoms with Crippen molar-refractivity contribution in [3.05, 3.63) is 45.9 Å². The predicted octanol–water partition coefficient (Wildman–Crippen LogP) is 2.70. The molecule has 0 aliphatic heterocycles. The van der Waals surface area contributed by atoms with Crippen molar-refractivity contribution in [3.63, 3.8) is 0 Å². The largest absolute Gasteiger partial charge is 0.497 e. The number of nitrogens with zero attached hydrogens (tertiary/aromatic N) is 1. The van der Waals surface area contributed by atoms with Crippen LogP contribution in [0.2, 0.25) is 0 Å². The number of ether oxygens (including phenoxy) is 1. The predicted molar refractivity (Wildman–Crippen MR) is 77.3 cm³/mol. The highest BCUT2D eigenvalue weighted by atomic mass is 32.1. The number of hydrogen-bond donors (Lipinski definition) is 2. The van der Waals surface area contributed by atoms with Crippen LogP contribution < -0.4 is 10.1 Å². The maximum atomic E-state index is 10.8. The number of thiazole rings is 1. The van der Waals surface area contributed by atoms with Crippen molar-refractivity contribution in [2.45, 2.75) is 19.5 Å². The van der Waals surface area contributed by atoms with Crippen LogP contribution in [0.4, 0.5) is 0 Å². The maximum Gasteiger partial charge on any atom is 0.365 e. The molecule has 0 amide bonds. The number of rotatable bonds is 6. The number of benzene rings is 1. The summed E-state index contributed by atoms with van der Waals surface area (Å²) in [6.45, 7) is 2.57. The summed E-state index contributed by atoms with van der Waals surface area (Å²) < 4.78 is 5.19. The molecule has 5 nitrogen and oxygen atoms in total. The van der Waals surface area contributed by atoms with Crippen molar-refractivity contribution in [1.29, 1.82) is 0 Å². The molecule has 2 N–H and O–H groups in total. The van der Waals surface area contributed by atoms with Gasteiger partial charge in [-0.2, -0.15) is 0 Å². The van der Waals surface area contributed by atoms with Gasteiger partial charge < -0.3 is 15.2 Å². The monoisotopic (exact) mass is 292 g/mol. The number of carboxylic acids is 1. The van der Waals surface area contributed by atoms with Crippen LogP contribution in [0.15, 0.2) is 29.6 Å². The minimum atomic E-state index is -0.984. The molecule has 1 aromatic heterocycles. The summed E-state index contributed by atoms with van der Waals surface area (Å²) in [5, 5.41) is 14.0. The highest BCUT2D eigenvalue weighted by Crippen LogP contribution is 2.19. The fourth-order valence-corrected chi connectivity index (χ4v) is 2.43. The molecule has 0 aliphatic rings. The van der Waals surface area contributed by atoms with Gasteiger partial charge in [-0.05, 0) is 24.6 Å². The number of nitrogens with one attached hydrogen (secondary N) is 1. The van der Waals surface area contributed by atoms with Crippen molar-refractivity contribution >= 4 is 17.3 Å². The van der Waals surface area contributed by atoms with Gasteiger partial charge in [0.1, 0.15) is 5.75 Å². The molecule has 0 radical (unpaired) electrons. The second-order valence-corrected chi connectivity index (χ2v) is 5.19. The normalized spacial score (nSPS) is 12.1. The average Bonchev–Trinajstić information content (AvgIpc) is 2.94. The summed E-state index contributed by atoms with van der Waals surface area (Å²) in [6, 6.07) is 7.96.